The Morgan fingerprint density at radius 3 is 2.81 bits per heavy atom. The molecule has 1 fully saturated rings. The number of nitrogens with one attached hydrogen (secondary N) is 1. The molecule has 2 atom stereocenters. The molecule has 0 amide bonds. The Hall–Kier alpha value is -1.24. The Kier molecular flexibility index (Phi) is 4.37. The molecule has 114 valence electrons. The molecule has 2 aromatic heterocycles. The van der Waals surface area contributed by atoms with Crippen molar-refractivity contribution in [3.8, 4) is 0 Å². The summed E-state index contributed by atoms with van der Waals surface area (Å²) in [6.07, 6.45) is 0.542. The summed E-state index contributed by atoms with van der Waals surface area (Å²) in [4.78, 5) is 12.9. The van der Waals surface area contributed by atoms with Crippen LogP contribution in [0, 0.1) is 0 Å². The zero-order valence-electron chi connectivity index (χ0n) is 12.8. The third kappa shape index (κ3) is 3.33. The van der Waals surface area contributed by atoms with Crippen LogP contribution in [0.4, 0.5) is 5.82 Å². The number of hydrogen-bond acceptors (Lipinski definition) is 6. The smallest absolute Gasteiger partial charge is 0.146 e. The molecule has 3 rings (SSSR count). The fourth-order valence-electron chi connectivity index (χ4n) is 2.89. The molecule has 21 heavy (non-hydrogen) atoms. The fraction of sp³-hybridized carbons (Fsp3) is 0.600. The van der Waals surface area contributed by atoms with Gasteiger partial charge in [0.2, 0.25) is 0 Å². The molecular weight excluding hydrogens is 284 g/mol. The molecule has 0 spiro atoms. The summed E-state index contributed by atoms with van der Waals surface area (Å²) < 4.78 is 5.78. The highest BCUT2D eigenvalue weighted by molar-refractivity contribution is 7.16. The van der Waals surface area contributed by atoms with Gasteiger partial charge in [-0.15, -0.1) is 11.3 Å². The minimum Gasteiger partial charge on any atom is -0.373 e. The maximum Gasteiger partial charge on any atom is 0.146 e. The van der Waals surface area contributed by atoms with E-state index in [0.717, 1.165) is 48.0 Å². The van der Waals surface area contributed by atoms with Gasteiger partial charge in [-0.05, 0) is 32.2 Å². The van der Waals surface area contributed by atoms with Gasteiger partial charge in [0.25, 0.3) is 0 Å². The van der Waals surface area contributed by atoms with Crippen molar-refractivity contribution < 1.29 is 4.74 Å². The van der Waals surface area contributed by atoms with Gasteiger partial charge in [0.1, 0.15) is 16.5 Å². The third-order valence-corrected chi connectivity index (χ3v) is 4.38. The number of rotatable bonds is 4. The average Bonchev–Trinajstić information content (AvgIpc) is 2.86. The van der Waals surface area contributed by atoms with Gasteiger partial charge in [0.05, 0.1) is 24.1 Å². The van der Waals surface area contributed by atoms with E-state index in [4.69, 9.17) is 14.7 Å². The molecule has 0 radical (unpaired) electrons. The molecule has 5 nitrogen and oxygen atoms in total. The van der Waals surface area contributed by atoms with E-state index in [-0.39, 0.29) is 12.2 Å². The summed E-state index contributed by atoms with van der Waals surface area (Å²) in [5, 5.41) is 6.54. The lowest BCUT2D eigenvalue weighted by molar-refractivity contribution is -0.0710. The number of anilines is 1. The highest BCUT2D eigenvalue weighted by Crippen LogP contribution is 2.25. The predicted octanol–water partition coefficient (Wildman–Crippen LogP) is 2.73. The summed E-state index contributed by atoms with van der Waals surface area (Å²) in [7, 11) is 0. The minimum absolute atomic E-state index is 0.271. The van der Waals surface area contributed by atoms with Crippen molar-refractivity contribution in [2.24, 2.45) is 0 Å². The fourth-order valence-corrected chi connectivity index (χ4v) is 3.67. The normalized spacial score (nSPS) is 23.6. The van der Waals surface area contributed by atoms with Crippen LogP contribution < -0.4 is 5.32 Å². The highest BCUT2D eigenvalue weighted by Gasteiger charge is 2.23. The van der Waals surface area contributed by atoms with Crippen molar-refractivity contribution in [1.82, 2.24) is 14.9 Å². The van der Waals surface area contributed by atoms with Gasteiger partial charge in [-0.2, -0.15) is 0 Å². The number of nitrogens with zero attached hydrogens (tertiary/aromatic N) is 3. The molecule has 2 unspecified atom stereocenters. The number of thiophene rings is 1. The van der Waals surface area contributed by atoms with Gasteiger partial charge < -0.3 is 10.1 Å². The topological polar surface area (TPSA) is 50.3 Å². The SMILES string of the molecule is CCNc1nc(CN2CC(C)OC(C)C2)nc2sccc12. The summed E-state index contributed by atoms with van der Waals surface area (Å²) >= 11 is 1.67. The molecular formula is C15H22N4OS. The molecule has 3 heterocycles. The molecule has 0 bridgehead atoms. The van der Waals surface area contributed by atoms with Gasteiger partial charge in [0.15, 0.2) is 0 Å². The van der Waals surface area contributed by atoms with Crippen molar-refractivity contribution in [2.75, 3.05) is 25.0 Å². The number of morpholine rings is 1. The van der Waals surface area contributed by atoms with E-state index in [1.165, 1.54) is 0 Å². The molecule has 0 saturated carbocycles. The summed E-state index contributed by atoms with van der Waals surface area (Å²) in [5.74, 6) is 1.84. The lowest BCUT2D eigenvalue weighted by Gasteiger charge is -2.34. The van der Waals surface area contributed by atoms with Crippen LogP contribution in [0.3, 0.4) is 0 Å². The van der Waals surface area contributed by atoms with E-state index in [2.05, 4.69) is 42.4 Å². The quantitative estimate of drug-likeness (QED) is 0.941. The third-order valence-electron chi connectivity index (χ3n) is 3.58. The Labute approximate surface area is 129 Å². The maximum atomic E-state index is 5.78. The summed E-state index contributed by atoms with van der Waals surface area (Å²) in [6, 6.07) is 2.08. The van der Waals surface area contributed by atoms with E-state index >= 15 is 0 Å². The van der Waals surface area contributed by atoms with Crippen LogP contribution in [-0.2, 0) is 11.3 Å². The largest absolute Gasteiger partial charge is 0.373 e. The first kappa shape index (κ1) is 14.7. The number of aromatic nitrogens is 2. The predicted molar refractivity (Wildman–Crippen MR) is 86.9 cm³/mol. The van der Waals surface area contributed by atoms with Crippen LogP contribution >= 0.6 is 11.3 Å². The molecule has 1 aliphatic rings. The van der Waals surface area contributed by atoms with Gasteiger partial charge >= 0.3 is 0 Å². The minimum atomic E-state index is 0.271. The Bertz CT molecular complexity index is 605. The lowest BCUT2D eigenvalue weighted by Crippen LogP contribution is -2.45. The summed E-state index contributed by atoms with van der Waals surface area (Å²) in [5.41, 5.74) is 0. The van der Waals surface area contributed by atoms with Crippen molar-refractivity contribution in [1.29, 1.82) is 0 Å². The molecule has 1 saturated heterocycles. The van der Waals surface area contributed by atoms with Crippen molar-refractivity contribution >= 4 is 27.4 Å². The van der Waals surface area contributed by atoms with Gasteiger partial charge in [-0.1, -0.05) is 0 Å². The first-order valence-corrected chi connectivity index (χ1v) is 8.39. The molecule has 1 N–H and O–H groups in total. The van der Waals surface area contributed by atoms with Gasteiger partial charge in [-0.25, -0.2) is 9.97 Å². The Morgan fingerprint density at radius 1 is 1.33 bits per heavy atom. The second-order valence-corrected chi connectivity index (χ2v) is 6.50. The highest BCUT2D eigenvalue weighted by atomic mass is 32.1. The van der Waals surface area contributed by atoms with E-state index < -0.39 is 0 Å². The maximum absolute atomic E-state index is 5.78. The van der Waals surface area contributed by atoms with Crippen LogP contribution in [0.25, 0.3) is 10.2 Å². The number of ether oxygens (including phenoxy) is 1. The van der Waals surface area contributed by atoms with E-state index in [9.17, 15) is 0 Å². The summed E-state index contributed by atoms with van der Waals surface area (Å²) in [6.45, 7) is 9.86. The van der Waals surface area contributed by atoms with E-state index in [1.807, 2.05) is 0 Å². The molecule has 6 heteroatoms. The zero-order chi connectivity index (χ0) is 14.8. The monoisotopic (exact) mass is 306 g/mol. The van der Waals surface area contributed by atoms with E-state index in [0.29, 0.717) is 0 Å². The standard InChI is InChI=1S/C15H22N4OS/c1-4-16-14-12-5-6-21-15(12)18-13(17-14)9-19-7-10(2)20-11(3)8-19/h5-6,10-11H,4,7-9H2,1-3H3,(H,16,17,18). The number of hydrogen-bond donors (Lipinski definition) is 1. The Balaban J connectivity index is 1.83. The first-order valence-electron chi connectivity index (χ1n) is 7.51. The second-order valence-electron chi connectivity index (χ2n) is 5.61. The second kappa shape index (κ2) is 6.25. The molecule has 0 aliphatic carbocycles. The van der Waals surface area contributed by atoms with Crippen LogP contribution in [0.5, 0.6) is 0 Å². The van der Waals surface area contributed by atoms with Crippen molar-refractivity contribution in [3.05, 3.63) is 17.3 Å². The van der Waals surface area contributed by atoms with Crippen LogP contribution in [-0.4, -0.2) is 46.7 Å². The lowest BCUT2D eigenvalue weighted by atomic mass is 10.2. The van der Waals surface area contributed by atoms with Gasteiger partial charge in [0, 0.05) is 19.6 Å². The van der Waals surface area contributed by atoms with Crippen molar-refractivity contribution in [2.45, 2.75) is 39.5 Å². The van der Waals surface area contributed by atoms with Crippen LogP contribution in [0.1, 0.15) is 26.6 Å². The zero-order valence-corrected chi connectivity index (χ0v) is 13.6. The van der Waals surface area contributed by atoms with Crippen LogP contribution in [0.2, 0.25) is 0 Å². The van der Waals surface area contributed by atoms with E-state index in [1.54, 1.807) is 11.3 Å². The van der Waals surface area contributed by atoms with Gasteiger partial charge in [-0.3, -0.25) is 4.90 Å². The molecule has 0 aromatic carbocycles. The molecule has 2 aromatic rings. The Morgan fingerprint density at radius 2 is 2.10 bits per heavy atom. The van der Waals surface area contributed by atoms with Crippen LogP contribution in [0.15, 0.2) is 11.4 Å². The first-order chi connectivity index (χ1) is 10.2. The van der Waals surface area contributed by atoms with Crippen molar-refractivity contribution in [3.63, 3.8) is 0 Å². The number of fused-ring (bicyclic) bond motifs is 1. The molecule has 1 aliphatic heterocycles. The average molecular weight is 306 g/mol.